The van der Waals surface area contributed by atoms with Gasteiger partial charge in [0.2, 0.25) is 0 Å². The van der Waals surface area contributed by atoms with Crippen molar-refractivity contribution in [2.24, 2.45) is 0 Å². The van der Waals surface area contributed by atoms with Crippen LogP contribution in [0.2, 0.25) is 0 Å². The first-order valence-electron chi connectivity index (χ1n) is 10.6. The highest BCUT2D eigenvalue weighted by atomic mass is 19.1. The fourth-order valence-corrected chi connectivity index (χ4v) is 4.61. The molecule has 2 aromatic carbocycles. The van der Waals surface area contributed by atoms with Gasteiger partial charge in [0.1, 0.15) is 23.8 Å². The fourth-order valence-electron chi connectivity index (χ4n) is 4.61. The molecule has 2 amide bonds. The first-order valence-corrected chi connectivity index (χ1v) is 10.6. The Labute approximate surface area is 185 Å². The van der Waals surface area contributed by atoms with Crippen molar-refractivity contribution in [2.45, 2.75) is 24.0 Å². The number of nitrogens with zero attached hydrogens (tertiary/aromatic N) is 2. The molecular weight excluding hydrogens is 419 g/mol. The van der Waals surface area contributed by atoms with Gasteiger partial charge in [0.05, 0.1) is 6.61 Å². The van der Waals surface area contributed by atoms with Crippen molar-refractivity contribution in [3.8, 4) is 0 Å². The predicted molar refractivity (Wildman–Crippen MR) is 116 cm³/mol. The third-order valence-corrected chi connectivity index (χ3v) is 6.48. The molecule has 1 saturated heterocycles. The second kappa shape index (κ2) is 8.96. The zero-order chi connectivity index (χ0) is 22.9. The van der Waals surface area contributed by atoms with E-state index in [0.29, 0.717) is 24.1 Å². The minimum absolute atomic E-state index is 0.00824. The van der Waals surface area contributed by atoms with Crippen molar-refractivity contribution in [3.63, 3.8) is 0 Å². The Morgan fingerprint density at radius 3 is 2.66 bits per heavy atom. The van der Waals surface area contributed by atoms with Crippen molar-refractivity contribution in [2.75, 3.05) is 33.4 Å². The summed E-state index contributed by atoms with van der Waals surface area (Å²) in [5.74, 6) is -1.20. The van der Waals surface area contributed by atoms with Gasteiger partial charge >= 0.3 is 6.03 Å². The fraction of sp³-hybridized carbons (Fsp3) is 0.375. The van der Waals surface area contributed by atoms with Gasteiger partial charge in [0, 0.05) is 37.8 Å². The molecule has 0 aliphatic carbocycles. The summed E-state index contributed by atoms with van der Waals surface area (Å²) in [6.45, 7) is -0.503. The maximum absolute atomic E-state index is 14.6. The zero-order valence-corrected chi connectivity index (χ0v) is 17.8. The summed E-state index contributed by atoms with van der Waals surface area (Å²) >= 11 is 0. The van der Waals surface area contributed by atoms with Crippen LogP contribution < -0.4 is 5.32 Å². The summed E-state index contributed by atoms with van der Waals surface area (Å²) in [5, 5.41) is 13.6. The van der Waals surface area contributed by atoms with Crippen LogP contribution in [0.3, 0.4) is 0 Å². The van der Waals surface area contributed by atoms with Gasteiger partial charge in [-0.05, 0) is 41.8 Å². The lowest BCUT2D eigenvalue weighted by Crippen LogP contribution is -2.54. The Kier molecular flexibility index (Phi) is 6.26. The quantitative estimate of drug-likeness (QED) is 0.743. The number of hydrogen-bond acceptors (Lipinski definition) is 3. The molecular formula is C24H26F3N3O2. The van der Waals surface area contributed by atoms with Crippen LogP contribution in [0, 0.1) is 11.6 Å². The molecule has 4 rings (SSSR count). The highest BCUT2D eigenvalue weighted by Gasteiger charge is 2.46. The largest absolute Gasteiger partial charge is 0.393 e. The maximum Gasteiger partial charge on any atom is 0.321 e. The van der Waals surface area contributed by atoms with E-state index in [1.165, 1.54) is 9.80 Å². The lowest BCUT2D eigenvalue weighted by atomic mass is 9.89. The van der Waals surface area contributed by atoms with E-state index in [2.05, 4.69) is 5.32 Å². The molecule has 32 heavy (non-hydrogen) atoms. The molecule has 1 fully saturated rings. The number of alkyl halides is 1. The first-order chi connectivity index (χ1) is 15.4. The Morgan fingerprint density at radius 2 is 2.00 bits per heavy atom. The lowest BCUT2D eigenvalue weighted by molar-refractivity contribution is 0.0805. The minimum Gasteiger partial charge on any atom is -0.393 e. The molecule has 3 atom stereocenters. The monoisotopic (exact) mass is 445 g/mol. The first kappa shape index (κ1) is 22.4. The second-order valence-electron chi connectivity index (χ2n) is 8.37. The highest BCUT2D eigenvalue weighted by Crippen LogP contribution is 2.41. The molecule has 5 nitrogen and oxygen atoms in total. The molecule has 170 valence electrons. The topological polar surface area (TPSA) is 55.8 Å². The average molecular weight is 445 g/mol. The second-order valence-corrected chi connectivity index (χ2v) is 8.37. The predicted octanol–water partition coefficient (Wildman–Crippen LogP) is 3.30. The maximum atomic E-state index is 14.6. The van der Waals surface area contributed by atoms with Crippen LogP contribution in [0.4, 0.5) is 18.0 Å². The van der Waals surface area contributed by atoms with Crippen LogP contribution in [-0.2, 0) is 5.54 Å². The number of benzene rings is 2. The van der Waals surface area contributed by atoms with E-state index in [1.807, 2.05) is 6.07 Å². The third-order valence-electron chi connectivity index (χ3n) is 6.48. The van der Waals surface area contributed by atoms with E-state index < -0.39 is 30.5 Å². The normalized spacial score (nSPS) is 25.2. The zero-order valence-electron chi connectivity index (χ0n) is 17.8. The van der Waals surface area contributed by atoms with Gasteiger partial charge in [0.25, 0.3) is 0 Å². The van der Waals surface area contributed by atoms with E-state index in [1.54, 1.807) is 37.4 Å². The molecule has 0 saturated carbocycles. The van der Waals surface area contributed by atoms with Crippen LogP contribution in [0.25, 0.3) is 5.57 Å². The van der Waals surface area contributed by atoms with E-state index in [0.717, 1.165) is 18.2 Å². The van der Waals surface area contributed by atoms with E-state index in [9.17, 15) is 23.1 Å². The standard InChI is InChI=1S/C24H26F3N3O2/c1-29(20-10-19(12-25)28-13-20)23(32)30-14-16(21-9-18(26)7-8-22(21)27)11-24(30,15-31)17-5-3-2-4-6-17/h2-9,11,19-20,28,31H,10,12-15H2,1H3/t19-,20-,24+/m0/s1. The van der Waals surface area contributed by atoms with Gasteiger partial charge in [-0.25, -0.2) is 18.0 Å². The van der Waals surface area contributed by atoms with E-state index in [-0.39, 0.29) is 30.2 Å². The number of aliphatic hydroxyl groups is 1. The van der Waals surface area contributed by atoms with Crippen LogP contribution in [0.5, 0.6) is 0 Å². The van der Waals surface area contributed by atoms with Gasteiger partial charge < -0.3 is 20.2 Å². The van der Waals surface area contributed by atoms with Crippen molar-refractivity contribution in [1.82, 2.24) is 15.1 Å². The summed E-state index contributed by atoms with van der Waals surface area (Å²) in [6.07, 6.45) is 2.12. The molecule has 0 bridgehead atoms. The van der Waals surface area contributed by atoms with Crippen molar-refractivity contribution < 1.29 is 23.1 Å². The minimum atomic E-state index is -1.24. The van der Waals surface area contributed by atoms with Crippen LogP contribution in [0.1, 0.15) is 17.5 Å². The van der Waals surface area contributed by atoms with Gasteiger partial charge in [-0.15, -0.1) is 0 Å². The number of halogens is 3. The number of hydrogen-bond donors (Lipinski definition) is 2. The summed E-state index contributed by atoms with van der Waals surface area (Å²) in [6, 6.07) is 11.3. The van der Waals surface area contributed by atoms with Crippen molar-refractivity contribution >= 4 is 11.6 Å². The van der Waals surface area contributed by atoms with Crippen LogP contribution in [0.15, 0.2) is 54.6 Å². The highest BCUT2D eigenvalue weighted by molar-refractivity contribution is 5.83. The molecule has 8 heteroatoms. The van der Waals surface area contributed by atoms with Crippen LogP contribution >= 0.6 is 0 Å². The molecule has 2 aromatic rings. The number of amides is 2. The Bertz CT molecular complexity index is 1020. The molecule has 2 heterocycles. The van der Waals surface area contributed by atoms with Gasteiger partial charge in [-0.2, -0.15) is 0 Å². The summed E-state index contributed by atoms with van der Waals surface area (Å²) in [7, 11) is 1.64. The summed E-state index contributed by atoms with van der Waals surface area (Å²) in [5.41, 5.74) is -0.126. The SMILES string of the molecule is CN(C(=O)N1CC(c2cc(F)ccc2F)=C[C@@]1(CO)c1ccccc1)[C@@H]1CN[C@H](CF)C1. The van der Waals surface area contributed by atoms with Gasteiger partial charge in [0.15, 0.2) is 0 Å². The molecule has 2 N–H and O–H groups in total. The number of carbonyl (C=O) groups is 1. The number of nitrogens with one attached hydrogen (secondary N) is 1. The molecule has 0 spiro atoms. The summed E-state index contributed by atoms with van der Waals surface area (Å²) in [4.78, 5) is 16.6. The number of aliphatic hydroxyl groups excluding tert-OH is 1. The Balaban J connectivity index is 1.74. The third kappa shape index (κ3) is 3.89. The van der Waals surface area contributed by atoms with Crippen LogP contribution in [-0.4, -0.2) is 66.4 Å². The molecule has 0 aromatic heterocycles. The number of rotatable bonds is 5. The molecule has 0 unspecified atom stereocenters. The van der Waals surface area contributed by atoms with Crippen molar-refractivity contribution in [3.05, 3.63) is 77.4 Å². The number of carbonyl (C=O) groups excluding carboxylic acids is 1. The average Bonchev–Trinajstić information content (AvgIpc) is 3.46. The molecule has 2 aliphatic rings. The van der Waals surface area contributed by atoms with Gasteiger partial charge in [-0.3, -0.25) is 0 Å². The van der Waals surface area contributed by atoms with E-state index in [4.69, 9.17) is 0 Å². The Hall–Kier alpha value is -2.84. The molecule has 0 radical (unpaired) electrons. The number of likely N-dealkylation sites (N-methyl/N-ethyl adjacent to an activating group) is 1. The smallest absolute Gasteiger partial charge is 0.321 e. The Morgan fingerprint density at radius 1 is 1.25 bits per heavy atom. The van der Waals surface area contributed by atoms with Gasteiger partial charge in [-0.1, -0.05) is 30.3 Å². The molecule has 2 aliphatic heterocycles. The lowest BCUT2D eigenvalue weighted by Gasteiger charge is -2.40. The van der Waals surface area contributed by atoms with Crippen molar-refractivity contribution in [1.29, 1.82) is 0 Å². The van der Waals surface area contributed by atoms with E-state index >= 15 is 0 Å². The summed E-state index contributed by atoms with van der Waals surface area (Å²) < 4.78 is 41.5. The number of urea groups is 1.